The van der Waals surface area contributed by atoms with Crippen LogP contribution in [0.3, 0.4) is 0 Å². The Hall–Kier alpha value is -2.82. The number of para-hydroxylation sites is 1. The van der Waals surface area contributed by atoms with Crippen LogP contribution >= 0.6 is 0 Å². The topological polar surface area (TPSA) is 61.4 Å². The summed E-state index contributed by atoms with van der Waals surface area (Å²) in [6.07, 6.45) is 1.32. The molecular weight excluding hydrogens is 338 g/mol. The predicted octanol–water partition coefficient (Wildman–Crippen LogP) is 3.95. The molecule has 2 aromatic rings. The van der Waals surface area contributed by atoms with Crippen LogP contribution in [0.5, 0.6) is 0 Å². The number of rotatable bonds is 4. The summed E-state index contributed by atoms with van der Waals surface area (Å²) in [5, 5.41) is 6.01. The zero-order valence-electron chi connectivity index (χ0n) is 16.0. The van der Waals surface area contributed by atoms with Crippen molar-refractivity contribution in [1.82, 2.24) is 10.2 Å². The molecule has 5 nitrogen and oxygen atoms in total. The molecule has 0 atom stereocenters. The third-order valence-electron chi connectivity index (χ3n) is 5.38. The highest BCUT2D eigenvalue weighted by molar-refractivity contribution is 5.90. The molecule has 1 fully saturated rings. The van der Waals surface area contributed by atoms with Gasteiger partial charge >= 0.3 is 6.03 Å². The lowest BCUT2D eigenvalue weighted by atomic mass is 9.79. The maximum Gasteiger partial charge on any atom is 0.321 e. The molecule has 2 N–H and O–H groups in total. The number of urea groups is 1. The second kappa shape index (κ2) is 8.25. The van der Waals surface area contributed by atoms with Crippen molar-refractivity contribution < 1.29 is 9.59 Å². The van der Waals surface area contributed by atoms with Crippen LogP contribution in [0.1, 0.15) is 30.9 Å². The largest absolute Gasteiger partial charge is 0.352 e. The highest BCUT2D eigenvalue weighted by Gasteiger charge is 2.37. The van der Waals surface area contributed by atoms with Gasteiger partial charge in [-0.3, -0.25) is 4.79 Å². The third-order valence-corrected chi connectivity index (χ3v) is 5.38. The fourth-order valence-corrected chi connectivity index (χ4v) is 3.33. The van der Waals surface area contributed by atoms with E-state index in [0.717, 1.165) is 16.8 Å². The Morgan fingerprint density at radius 3 is 2.30 bits per heavy atom. The Labute approximate surface area is 160 Å². The molecule has 0 spiro atoms. The van der Waals surface area contributed by atoms with Crippen molar-refractivity contribution in [3.63, 3.8) is 0 Å². The average Bonchev–Trinajstić information content (AvgIpc) is 2.69. The van der Waals surface area contributed by atoms with Gasteiger partial charge in [-0.1, -0.05) is 55.5 Å². The molecule has 0 aliphatic carbocycles. The molecule has 2 aromatic carbocycles. The molecule has 1 aliphatic rings. The fraction of sp³-hybridized carbons (Fsp3) is 0.364. The molecule has 142 valence electrons. The molecule has 1 heterocycles. The van der Waals surface area contributed by atoms with Gasteiger partial charge in [-0.25, -0.2) is 4.79 Å². The maximum absolute atomic E-state index is 12.7. The van der Waals surface area contributed by atoms with E-state index in [1.807, 2.05) is 68.4 Å². The lowest BCUT2D eigenvalue weighted by Crippen LogP contribution is -2.49. The van der Waals surface area contributed by atoms with Crippen molar-refractivity contribution >= 4 is 17.6 Å². The minimum atomic E-state index is -0.436. The Morgan fingerprint density at radius 2 is 1.63 bits per heavy atom. The number of hydrogen-bond donors (Lipinski definition) is 2. The molecular formula is C22H27N3O2. The number of nitrogens with zero attached hydrogens (tertiary/aromatic N) is 1. The highest BCUT2D eigenvalue weighted by atomic mass is 16.2. The zero-order chi connectivity index (χ0) is 19.3. The lowest BCUT2D eigenvalue weighted by Gasteiger charge is -2.38. The van der Waals surface area contributed by atoms with Crippen molar-refractivity contribution in [1.29, 1.82) is 0 Å². The van der Waals surface area contributed by atoms with Crippen LogP contribution in [-0.2, 0) is 11.3 Å². The Balaban J connectivity index is 1.51. The van der Waals surface area contributed by atoms with E-state index < -0.39 is 5.41 Å². The van der Waals surface area contributed by atoms with Gasteiger partial charge in [0, 0.05) is 30.7 Å². The lowest BCUT2D eigenvalue weighted by molar-refractivity contribution is -0.132. The number of piperidine rings is 1. The van der Waals surface area contributed by atoms with E-state index >= 15 is 0 Å². The van der Waals surface area contributed by atoms with Crippen molar-refractivity contribution in [2.45, 2.75) is 33.2 Å². The monoisotopic (exact) mass is 365 g/mol. The summed E-state index contributed by atoms with van der Waals surface area (Å²) >= 11 is 0. The van der Waals surface area contributed by atoms with Gasteiger partial charge in [0.25, 0.3) is 0 Å². The SMILES string of the molecule is Cc1ccccc1NC(=O)N1CCC(C)(C(=O)NCc2ccccc2)CC1. The summed E-state index contributed by atoms with van der Waals surface area (Å²) in [6, 6.07) is 17.5. The van der Waals surface area contributed by atoms with Gasteiger partial charge in [-0.05, 0) is 37.0 Å². The van der Waals surface area contributed by atoms with Gasteiger partial charge < -0.3 is 15.5 Å². The van der Waals surface area contributed by atoms with Gasteiger partial charge in [-0.15, -0.1) is 0 Å². The van der Waals surface area contributed by atoms with Crippen molar-refractivity contribution in [3.05, 3.63) is 65.7 Å². The first-order chi connectivity index (χ1) is 13.0. The molecule has 1 saturated heterocycles. The molecule has 3 amide bonds. The van der Waals surface area contributed by atoms with Gasteiger partial charge in [-0.2, -0.15) is 0 Å². The fourth-order valence-electron chi connectivity index (χ4n) is 3.33. The molecule has 5 heteroatoms. The highest BCUT2D eigenvalue weighted by Crippen LogP contribution is 2.31. The number of carbonyl (C=O) groups is 2. The van der Waals surface area contributed by atoms with Crippen LogP contribution in [0.25, 0.3) is 0 Å². The molecule has 0 bridgehead atoms. The second-order valence-electron chi connectivity index (χ2n) is 7.46. The molecule has 0 aromatic heterocycles. The first kappa shape index (κ1) is 19.0. The Morgan fingerprint density at radius 1 is 1.00 bits per heavy atom. The molecule has 0 saturated carbocycles. The quantitative estimate of drug-likeness (QED) is 0.862. The van der Waals surface area contributed by atoms with Crippen molar-refractivity contribution in [2.24, 2.45) is 5.41 Å². The number of nitrogens with one attached hydrogen (secondary N) is 2. The summed E-state index contributed by atoms with van der Waals surface area (Å²) in [5.74, 6) is 0.0605. The van der Waals surface area contributed by atoms with Gasteiger partial charge in [0.15, 0.2) is 0 Å². The van der Waals surface area contributed by atoms with Crippen LogP contribution in [-0.4, -0.2) is 29.9 Å². The van der Waals surface area contributed by atoms with Gasteiger partial charge in [0.2, 0.25) is 5.91 Å². The standard InChI is InChI=1S/C22H27N3O2/c1-17-8-6-7-11-19(17)24-21(27)25-14-12-22(2,13-15-25)20(26)23-16-18-9-4-3-5-10-18/h3-11H,12-16H2,1-2H3,(H,23,26)(H,24,27). The summed E-state index contributed by atoms with van der Waals surface area (Å²) in [5.41, 5.74) is 2.52. The summed E-state index contributed by atoms with van der Waals surface area (Å²) < 4.78 is 0. The van der Waals surface area contributed by atoms with Crippen molar-refractivity contribution in [3.8, 4) is 0 Å². The molecule has 1 aliphatic heterocycles. The van der Waals surface area contributed by atoms with Crippen molar-refractivity contribution in [2.75, 3.05) is 18.4 Å². The summed E-state index contributed by atoms with van der Waals surface area (Å²) in [6.45, 7) is 5.65. The van der Waals surface area contributed by atoms with Crippen LogP contribution in [0, 0.1) is 12.3 Å². The number of likely N-dealkylation sites (tertiary alicyclic amines) is 1. The molecule has 0 radical (unpaired) electrons. The normalized spacial score (nSPS) is 15.9. The van der Waals surface area contributed by atoms with E-state index in [2.05, 4.69) is 10.6 Å². The molecule has 0 unspecified atom stereocenters. The van der Waals surface area contributed by atoms with E-state index in [0.29, 0.717) is 32.5 Å². The minimum absolute atomic E-state index is 0.0605. The van der Waals surface area contributed by atoms with Gasteiger partial charge in [0.1, 0.15) is 0 Å². The first-order valence-electron chi connectivity index (χ1n) is 9.42. The second-order valence-corrected chi connectivity index (χ2v) is 7.46. The van der Waals surface area contributed by atoms with E-state index in [9.17, 15) is 9.59 Å². The van der Waals surface area contributed by atoms with Crippen LogP contribution in [0.4, 0.5) is 10.5 Å². The average molecular weight is 365 g/mol. The number of amides is 3. The smallest absolute Gasteiger partial charge is 0.321 e. The van der Waals surface area contributed by atoms with Crippen LogP contribution < -0.4 is 10.6 Å². The van der Waals surface area contributed by atoms with E-state index in [1.54, 1.807) is 4.90 Å². The minimum Gasteiger partial charge on any atom is -0.352 e. The number of aryl methyl sites for hydroxylation is 1. The maximum atomic E-state index is 12.7. The summed E-state index contributed by atoms with van der Waals surface area (Å²) in [7, 11) is 0. The van der Waals surface area contributed by atoms with Crippen LogP contribution in [0.15, 0.2) is 54.6 Å². The number of carbonyl (C=O) groups excluding carboxylic acids is 2. The third kappa shape index (κ3) is 4.67. The Bertz CT molecular complexity index is 796. The number of anilines is 1. The van der Waals surface area contributed by atoms with Gasteiger partial charge in [0.05, 0.1) is 0 Å². The van der Waals surface area contributed by atoms with E-state index in [1.165, 1.54) is 0 Å². The summed E-state index contributed by atoms with van der Waals surface area (Å²) in [4.78, 5) is 27.0. The zero-order valence-corrected chi connectivity index (χ0v) is 16.0. The van der Waals surface area contributed by atoms with E-state index in [4.69, 9.17) is 0 Å². The molecule has 3 rings (SSSR count). The number of benzene rings is 2. The Kier molecular flexibility index (Phi) is 5.79. The first-order valence-corrected chi connectivity index (χ1v) is 9.42. The molecule has 27 heavy (non-hydrogen) atoms. The van der Waals surface area contributed by atoms with Crippen LogP contribution in [0.2, 0.25) is 0 Å². The number of hydrogen-bond acceptors (Lipinski definition) is 2. The van der Waals surface area contributed by atoms with E-state index in [-0.39, 0.29) is 11.9 Å². The predicted molar refractivity (Wildman–Crippen MR) is 107 cm³/mol.